The number of aromatic nitrogens is 2. The highest BCUT2D eigenvalue weighted by Gasteiger charge is 2.16. The van der Waals surface area contributed by atoms with Gasteiger partial charge in [-0.25, -0.2) is 4.98 Å². The second-order valence-corrected chi connectivity index (χ2v) is 7.86. The molecule has 0 unspecified atom stereocenters. The van der Waals surface area contributed by atoms with Crippen LogP contribution in [0.5, 0.6) is 0 Å². The minimum atomic E-state index is -0.0388. The minimum absolute atomic E-state index is 0.0388. The van der Waals surface area contributed by atoms with Crippen LogP contribution >= 0.6 is 57.6 Å². The molecule has 0 aliphatic rings. The van der Waals surface area contributed by atoms with Crippen LogP contribution in [0.3, 0.4) is 0 Å². The van der Waals surface area contributed by atoms with E-state index in [9.17, 15) is 4.79 Å². The summed E-state index contributed by atoms with van der Waals surface area (Å²) in [6, 6.07) is 3.99. The Labute approximate surface area is 149 Å². The number of hydrogen-bond donors (Lipinski definition) is 0. The Hall–Kier alpha value is -0.790. The van der Waals surface area contributed by atoms with E-state index in [1.54, 1.807) is 23.0 Å². The maximum absolute atomic E-state index is 12.7. The molecule has 114 valence electrons. The Balaban J connectivity index is 2.09. The van der Waals surface area contributed by atoms with Crippen LogP contribution < -0.4 is 5.56 Å². The summed E-state index contributed by atoms with van der Waals surface area (Å²) in [5.41, 5.74) is 2.24. The Morgan fingerprint density at radius 1 is 1.50 bits per heavy atom. The van der Waals surface area contributed by atoms with Crippen molar-refractivity contribution in [2.24, 2.45) is 7.05 Å². The van der Waals surface area contributed by atoms with Crippen LogP contribution in [-0.2, 0) is 7.05 Å². The molecule has 0 spiro atoms. The first kappa shape index (κ1) is 16.1. The molecule has 8 heteroatoms. The number of hydrogen-bond acceptors (Lipinski definition) is 5. The van der Waals surface area contributed by atoms with Crippen molar-refractivity contribution < 1.29 is 0 Å². The summed E-state index contributed by atoms with van der Waals surface area (Å²) in [4.78, 5) is 19.1. The largest absolute Gasteiger partial charge is 0.290 e. The molecule has 3 aromatic heterocycles. The molecule has 0 aliphatic heterocycles. The van der Waals surface area contributed by atoms with Gasteiger partial charge in [0.25, 0.3) is 5.56 Å². The second kappa shape index (κ2) is 6.76. The molecule has 22 heavy (non-hydrogen) atoms. The Bertz CT molecular complexity index is 897. The number of rotatable bonds is 4. The van der Waals surface area contributed by atoms with Crippen LogP contribution in [0.15, 0.2) is 43.4 Å². The van der Waals surface area contributed by atoms with Gasteiger partial charge in [-0.15, -0.1) is 22.7 Å². The van der Waals surface area contributed by atoms with Crippen LogP contribution in [-0.4, -0.2) is 15.3 Å². The lowest BCUT2D eigenvalue weighted by Gasteiger charge is -2.07. The average Bonchev–Trinajstić information content (AvgIpc) is 3.17. The fourth-order valence-corrected chi connectivity index (χ4v) is 4.89. The molecule has 3 aromatic rings. The molecule has 0 aliphatic carbocycles. The van der Waals surface area contributed by atoms with E-state index in [0.29, 0.717) is 21.3 Å². The van der Waals surface area contributed by atoms with Gasteiger partial charge in [-0.3, -0.25) is 9.36 Å². The van der Waals surface area contributed by atoms with Gasteiger partial charge in [0.1, 0.15) is 4.83 Å². The molecule has 3 heterocycles. The van der Waals surface area contributed by atoms with Gasteiger partial charge in [-0.2, -0.15) is 0 Å². The number of thioether (sulfide) groups is 1. The predicted octanol–water partition coefficient (Wildman–Crippen LogP) is 5.13. The molecule has 0 saturated heterocycles. The number of thiophene rings is 2. The Morgan fingerprint density at radius 3 is 3.00 bits per heavy atom. The molecule has 0 atom stereocenters. The van der Waals surface area contributed by atoms with Crippen molar-refractivity contribution in [1.82, 2.24) is 9.55 Å². The van der Waals surface area contributed by atoms with Crippen LogP contribution in [0.2, 0.25) is 0 Å². The highest BCUT2D eigenvalue weighted by molar-refractivity contribution is 7.99. The fourth-order valence-electron chi connectivity index (χ4n) is 1.96. The van der Waals surface area contributed by atoms with Crippen LogP contribution in [0.4, 0.5) is 0 Å². The molecular formula is C14H10Cl2N2OS3. The van der Waals surface area contributed by atoms with Crippen molar-refractivity contribution in [3.05, 3.63) is 43.8 Å². The van der Waals surface area contributed by atoms with Crippen molar-refractivity contribution >= 4 is 67.9 Å². The molecule has 3 nitrogen and oxygen atoms in total. The number of fused-ring (bicyclic) bond motifs is 1. The summed E-state index contributed by atoms with van der Waals surface area (Å²) in [6.45, 7) is 0. The lowest BCUT2D eigenvalue weighted by atomic mass is 10.2. The van der Waals surface area contributed by atoms with Gasteiger partial charge in [-0.1, -0.05) is 41.0 Å². The maximum atomic E-state index is 12.7. The molecule has 0 N–H and O–H groups in total. The summed E-state index contributed by atoms with van der Waals surface area (Å²) in [7, 11) is 1.73. The lowest BCUT2D eigenvalue weighted by Crippen LogP contribution is -2.19. The van der Waals surface area contributed by atoms with E-state index < -0.39 is 0 Å². The zero-order chi connectivity index (χ0) is 15.7. The third kappa shape index (κ3) is 2.98. The van der Waals surface area contributed by atoms with Crippen LogP contribution in [0, 0.1) is 0 Å². The first-order valence-corrected chi connectivity index (χ1v) is 9.77. The standard InChI is InChI=1S/C14H10Cl2N2OS3/c1-18-13(19)11-9(10-3-2-4-20-10)7-21-12(11)17-14(18)22-6-8(16)5-15/h2-5,7H,6H2,1H3/b8-5-. The summed E-state index contributed by atoms with van der Waals surface area (Å²) in [5.74, 6) is 0.486. The normalized spacial score (nSPS) is 12.2. The van der Waals surface area contributed by atoms with E-state index in [1.807, 2.05) is 22.9 Å². The molecule has 0 saturated carbocycles. The van der Waals surface area contributed by atoms with Crippen molar-refractivity contribution in [3.63, 3.8) is 0 Å². The SMILES string of the molecule is Cn1c(SC/C(Cl)=C/Cl)nc2scc(-c3cccs3)c2c1=O. The number of nitrogens with zero attached hydrogens (tertiary/aromatic N) is 2. The molecule has 0 bridgehead atoms. The molecule has 0 amide bonds. The third-order valence-corrected chi connectivity index (χ3v) is 6.65. The van der Waals surface area contributed by atoms with E-state index in [-0.39, 0.29) is 5.56 Å². The quantitative estimate of drug-likeness (QED) is 0.458. The fraction of sp³-hybridized carbons (Fsp3) is 0.143. The maximum Gasteiger partial charge on any atom is 0.263 e. The number of halogens is 2. The summed E-state index contributed by atoms with van der Waals surface area (Å²) >= 11 is 15.9. The minimum Gasteiger partial charge on any atom is -0.290 e. The van der Waals surface area contributed by atoms with Gasteiger partial charge in [0.2, 0.25) is 0 Å². The van der Waals surface area contributed by atoms with E-state index in [2.05, 4.69) is 4.98 Å². The van der Waals surface area contributed by atoms with Crippen LogP contribution in [0.25, 0.3) is 20.7 Å². The first-order chi connectivity index (χ1) is 10.6. The van der Waals surface area contributed by atoms with E-state index >= 15 is 0 Å². The predicted molar refractivity (Wildman–Crippen MR) is 98.7 cm³/mol. The molecule has 0 radical (unpaired) electrons. The topological polar surface area (TPSA) is 34.9 Å². The van der Waals surface area contributed by atoms with Crippen LogP contribution in [0.1, 0.15) is 0 Å². The molecule has 3 rings (SSSR count). The average molecular weight is 389 g/mol. The smallest absolute Gasteiger partial charge is 0.263 e. The summed E-state index contributed by atoms with van der Waals surface area (Å²) < 4.78 is 1.56. The van der Waals surface area contributed by atoms with Gasteiger partial charge >= 0.3 is 0 Å². The lowest BCUT2D eigenvalue weighted by molar-refractivity contribution is 0.729. The van der Waals surface area contributed by atoms with E-state index in [4.69, 9.17) is 23.2 Å². The van der Waals surface area contributed by atoms with E-state index in [1.165, 1.54) is 28.6 Å². The summed E-state index contributed by atoms with van der Waals surface area (Å²) in [6.07, 6.45) is 0. The van der Waals surface area contributed by atoms with Crippen molar-refractivity contribution in [1.29, 1.82) is 0 Å². The zero-order valence-electron chi connectivity index (χ0n) is 11.4. The third-order valence-electron chi connectivity index (χ3n) is 3.02. The highest BCUT2D eigenvalue weighted by atomic mass is 35.5. The summed E-state index contributed by atoms with van der Waals surface area (Å²) in [5, 5.41) is 5.82. The van der Waals surface area contributed by atoms with Crippen molar-refractivity contribution in [2.75, 3.05) is 5.75 Å². The Morgan fingerprint density at radius 2 is 2.32 bits per heavy atom. The first-order valence-electron chi connectivity index (χ1n) is 6.21. The van der Waals surface area contributed by atoms with Gasteiger partial charge < -0.3 is 0 Å². The second-order valence-electron chi connectivity index (χ2n) is 4.41. The van der Waals surface area contributed by atoms with E-state index in [0.717, 1.165) is 15.3 Å². The van der Waals surface area contributed by atoms with Gasteiger partial charge in [0.05, 0.1) is 5.39 Å². The van der Waals surface area contributed by atoms with Gasteiger partial charge in [0, 0.05) is 39.2 Å². The Kier molecular flexibility index (Phi) is 4.94. The van der Waals surface area contributed by atoms with Gasteiger partial charge in [0.15, 0.2) is 5.16 Å². The molecular weight excluding hydrogens is 379 g/mol. The van der Waals surface area contributed by atoms with Crippen molar-refractivity contribution in [2.45, 2.75) is 5.16 Å². The highest BCUT2D eigenvalue weighted by Crippen LogP contribution is 2.34. The molecule has 0 aromatic carbocycles. The van der Waals surface area contributed by atoms with Crippen molar-refractivity contribution in [3.8, 4) is 10.4 Å². The monoisotopic (exact) mass is 388 g/mol. The molecule has 0 fully saturated rings. The van der Waals surface area contributed by atoms with Gasteiger partial charge in [-0.05, 0) is 11.4 Å². The zero-order valence-corrected chi connectivity index (χ0v) is 15.3.